The summed E-state index contributed by atoms with van der Waals surface area (Å²) in [6.07, 6.45) is 12.0. The number of likely N-dealkylation sites (N-methyl/N-ethyl adjacent to an activating group) is 1. The van der Waals surface area contributed by atoms with Gasteiger partial charge >= 0.3 is 0 Å². The zero-order chi connectivity index (χ0) is 24.7. The highest BCUT2D eigenvalue weighted by molar-refractivity contribution is 6.32. The van der Waals surface area contributed by atoms with Gasteiger partial charge in [-0.2, -0.15) is 4.58 Å². The van der Waals surface area contributed by atoms with Gasteiger partial charge in [-0.3, -0.25) is 0 Å². The van der Waals surface area contributed by atoms with Gasteiger partial charge in [0.2, 0.25) is 5.69 Å². The zero-order valence-corrected chi connectivity index (χ0v) is 22.2. The number of nitrogens with one attached hydrogen (secondary N) is 1. The summed E-state index contributed by atoms with van der Waals surface area (Å²) < 4.78 is 2.23. The lowest BCUT2D eigenvalue weighted by Gasteiger charge is -2.20. The summed E-state index contributed by atoms with van der Waals surface area (Å²) in [5, 5.41) is 4.36. The minimum atomic E-state index is 0.193. The maximum absolute atomic E-state index is 6.89. The molecule has 0 saturated carbocycles. The number of benzene rings is 2. The number of para-hydroxylation sites is 1. The summed E-state index contributed by atoms with van der Waals surface area (Å²) in [6.45, 7) is 8.65. The van der Waals surface area contributed by atoms with Gasteiger partial charge in [-0.15, -0.1) is 0 Å². The second kappa shape index (κ2) is 12.1. The average molecular weight is 474 g/mol. The molecule has 0 bridgehead atoms. The molecular weight excluding hydrogens is 436 g/mol. The maximum Gasteiger partial charge on any atom is 0.208 e. The minimum Gasteiger partial charge on any atom is -0.310 e. The summed E-state index contributed by atoms with van der Waals surface area (Å²) in [4.78, 5) is 0. The predicted molar refractivity (Wildman–Crippen MR) is 148 cm³/mol. The van der Waals surface area contributed by atoms with E-state index in [2.05, 4.69) is 117 Å². The van der Waals surface area contributed by atoms with E-state index in [-0.39, 0.29) is 6.04 Å². The lowest BCUT2D eigenvalue weighted by Crippen LogP contribution is -2.18. The predicted octanol–water partition coefficient (Wildman–Crippen LogP) is 8.10. The zero-order valence-electron chi connectivity index (χ0n) is 21.5. The summed E-state index contributed by atoms with van der Waals surface area (Å²) in [6, 6.07) is 17.2. The molecule has 0 saturated heterocycles. The van der Waals surface area contributed by atoms with Crippen LogP contribution in [0.4, 0.5) is 5.69 Å². The van der Waals surface area contributed by atoms with E-state index in [0.717, 1.165) is 24.3 Å². The van der Waals surface area contributed by atoms with E-state index < -0.39 is 0 Å². The highest BCUT2D eigenvalue weighted by Gasteiger charge is 2.16. The molecule has 34 heavy (non-hydrogen) atoms. The molecule has 1 unspecified atom stereocenters. The van der Waals surface area contributed by atoms with Crippen molar-refractivity contribution in [2.75, 3.05) is 14.1 Å². The Kier molecular flexibility index (Phi) is 9.27. The van der Waals surface area contributed by atoms with Gasteiger partial charge in [0.25, 0.3) is 0 Å². The van der Waals surface area contributed by atoms with Crippen LogP contribution in [0.1, 0.15) is 55.8 Å². The SMILES string of the molecule is CNC(/C(C)=C/C=C1\CCCC(/C=C/C(C)=[N+](C)c2ccccc2C)=C1Cl)c1ccccc1C. The first kappa shape index (κ1) is 25.9. The summed E-state index contributed by atoms with van der Waals surface area (Å²) in [5.41, 5.74) is 10.0. The van der Waals surface area contributed by atoms with Gasteiger partial charge in [0, 0.05) is 29.7 Å². The second-order valence-electron chi connectivity index (χ2n) is 9.19. The molecule has 0 heterocycles. The number of aryl methyl sites for hydroxylation is 2. The number of allylic oxidation sites excluding steroid dienone is 7. The third-order valence-electron chi connectivity index (χ3n) is 6.78. The van der Waals surface area contributed by atoms with Crippen LogP contribution in [-0.2, 0) is 0 Å². The molecular formula is C31H38ClN2+. The standard InChI is InChI=1S/C31H38ClN2/c1-22-12-7-9-16-28(22)31(33-5)24(3)18-20-26-14-11-15-27(30(26)32)21-19-25(4)34(6)29-17-10-8-13-23(29)2/h7-10,12-13,16-21,31,33H,11,14-15H2,1-6H3/q+1/b21-19+,24-18+,26-20+,34-25?. The Labute approximate surface area is 211 Å². The Hall–Kier alpha value is -2.68. The maximum atomic E-state index is 6.89. The van der Waals surface area contributed by atoms with Crippen molar-refractivity contribution in [2.45, 2.75) is 53.0 Å². The van der Waals surface area contributed by atoms with E-state index in [0.29, 0.717) is 0 Å². The monoisotopic (exact) mass is 473 g/mol. The molecule has 0 radical (unpaired) electrons. The van der Waals surface area contributed by atoms with Crippen molar-refractivity contribution >= 4 is 23.0 Å². The van der Waals surface area contributed by atoms with Gasteiger partial charge in [0.05, 0.1) is 6.04 Å². The van der Waals surface area contributed by atoms with E-state index >= 15 is 0 Å². The van der Waals surface area contributed by atoms with Crippen LogP contribution in [0.25, 0.3) is 0 Å². The largest absolute Gasteiger partial charge is 0.310 e. The molecule has 0 spiro atoms. The van der Waals surface area contributed by atoms with Crippen molar-refractivity contribution in [2.24, 2.45) is 0 Å². The molecule has 0 aromatic heterocycles. The number of halogens is 1. The molecule has 0 fully saturated rings. The molecule has 2 aromatic rings. The lowest BCUT2D eigenvalue weighted by atomic mass is 9.92. The molecule has 3 heteroatoms. The Morgan fingerprint density at radius 2 is 1.68 bits per heavy atom. The highest BCUT2D eigenvalue weighted by atomic mass is 35.5. The van der Waals surface area contributed by atoms with Gasteiger partial charge in [-0.1, -0.05) is 77.9 Å². The van der Waals surface area contributed by atoms with Gasteiger partial charge in [-0.05, 0) is 69.4 Å². The highest BCUT2D eigenvalue weighted by Crippen LogP contribution is 2.34. The van der Waals surface area contributed by atoms with Gasteiger partial charge in [0.15, 0.2) is 5.71 Å². The van der Waals surface area contributed by atoms with Crippen LogP contribution in [0.5, 0.6) is 0 Å². The molecule has 1 aliphatic carbocycles. The smallest absolute Gasteiger partial charge is 0.208 e. The summed E-state index contributed by atoms with van der Waals surface area (Å²) in [7, 11) is 4.13. The Morgan fingerprint density at radius 3 is 2.35 bits per heavy atom. The molecule has 178 valence electrons. The van der Waals surface area contributed by atoms with Crippen LogP contribution in [0.2, 0.25) is 0 Å². The fourth-order valence-corrected chi connectivity index (χ4v) is 4.85. The first-order chi connectivity index (χ1) is 16.3. The fraction of sp³-hybridized carbons (Fsp3) is 0.323. The van der Waals surface area contributed by atoms with Gasteiger partial charge < -0.3 is 5.32 Å². The van der Waals surface area contributed by atoms with Crippen molar-refractivity contribution < 1.29 is 4.58 Å². The summed E-state index contributed by atoms with van der Waals surface area (Å²) in [5.74, 6) is 0. The fourth-order valence-electron chi connectivity index (χ4n) is 4.54. The van der Waals surface area contributed by atoms with Crippen molar-refractivity contribution in [1.29, 1.82) is 0 Å². The Morgan fingerprint density at radius 1 is 1.00 bits per heavy atom. The van der Waals surface area contributed by atoms with E-state index in [4.69, 9.17) is 11.6 Å². The molecule has 2 aromatic carbocycles. The molecule has 0 aliphatic heterocycles. The van der Waals surface area contributed by atoms with Crippen molar-refractivity contribution in [3.05, 3.63) is 111 Å². The number of hydrogen-bond donors (Lipinski definition) is 1. The minimum absolute atomic E-state index is 0.193. The normalized spacial score (nSPS) is 18.0. The van der Waals surface area contributed by atoms with Crippen LogP contribution < -0.4 is 5.32 Å². The lowest BCUT2D eigenvalue weighted by molar-refractivity contribution is -0.405. The number of hydrogen-bond acceptors (Lipinski definition) is 1. The van der Waals surface area contributed by atoms with E-state index in [1.807, 2.05) is 7.05 Å². The first-order valence-corrected chi connectivity index (χ1v) is 12.5. The summed E-state index contributed by atoms with van der Waals surface area (Å²) >= 11 is 6.89. The molecule has 2 nitrogen and oxygen atoms in total. The van der Waals surface area contributed by atoms with Crippen LogP contribution in [0, 0.1) is 13.8 Å². The van der Waals surface area contributed by atoms with Crippen LogP contribution in [0.3, 0.4) is 0 Å². The number of nitrogens with zero attached hydrogens (tertiary/aromatic N) is 1. The van der Waals surface area contributed by atoms with Crippen LogP contribution >= 0.6 is 11.6 Å². The quantitative estimate of drug-likeness (QED) is 0.317. The Bertz CT molecular complexity index is 1180. The van der Waals surface area contributed by atoms with E-state index in [1.165, 1.54) is 44.8 Å². The average Bonchev–Trinajstić information content (AvgIpc) is 2.84. The molecule has 1 atom stereocenters. The van der Waals surface area contributed by atoms with Gasteiger partial charge in [-0.25, -0.2) is 0 Å². The van der Waals surface area contributed by atoms with E-state index in [9.17, 15) is 0 Å². The third-order valence-corrected chi connectivity index (χ3v) is 7.26. The van der Waals surface area contributed by atoms with E-state index in [1.54, 1.807) is 0 Å². The van der Waals surface area contributed by atoms with Crippen LogP contribution in [-0.4, -0.2) is 24.4 Å². The first-order valence-electron chi connectivity index (χ1n) is 12.1. The molecule has 1 aliphatic rings. The van der Waals surface area contributed by atoms with Crippen LogP contribution in [0.15, 0.2) is 94.6 Å². The van der Waals surface area contributed by atoms with Crippen molar-refractivity contribution in [3.8, 4) is 0 Å². The molecule has 3 rings (SSSR count). The van der Waals surface area contributed by atoms with Crippen molar-refractivity contribution in [1.82, 2.24) is 5.32 Å². The number of rotatable bonds is 7. The third kappa shape index (κ3) is 6.25. The molecule has 0 amide bonds. The topological polar surface area (TPSA) is 15.0 Å². The molecule has 1 N–H and O–H groups in total. The van der Waals surface area contributed by atoms with Crippen molar-refractivity contribution in [3.63, 3.8) is 0 Å². The Balaban J connectivity index is 1.84. The van der Waals surface area contributed by atoms with Gasteiger partial charge in [0.1, 0.15) is 7.05 Å². The second-order valence-corrected chi connectivity index (χ2v) is 9.57.